The van der Waals surface area contributed by atoms with E-state index in [4.69, 9.17) is 0 Å². The molecule has 1 aliphatic carbocycles. The van der Waals surface area contributed by atoms with Gasteiger partial charge in [-0.05, 0) is 19.3 Å². The fourth-order valence-corrected chi connectivity index (χ4v) is 2.36. The first-order valence-corrected chi connectivity index (χ1v) is 5.87. The van der Waals surface area contributed by atoms with Gasteiger partial charge in [0.2, 0.25) is 0 Å². The second-order valence-corrected chi connectivity index (χ2v) is 4.70. The number of hydrogen-bond donors (Lipinski definition) is 2. The summed E-state index contributed by atoms with van der Waals surface area (Å²) in [6.45, 7) is 3.47. The van der Waals surface area contributed by atoms with E-state index < -0.39 is 0 Å². The molecular weight excluding hydrogens is 188 g/mol. The van der Waals surface area contributed by atoms with E-state index in [1.807, 2.05) is 12.4 Å². The van der Waals surface area contributed by atoms with Crippen LogP contribution in [-0.2, 0) is 6.54 Å². The number of H-pyrrole nitrogens is 1. The van der Waals surface area contributed by atoms with Crippen molar-refractivity contribution in [2.75, 3.05) is 13.1 Å². The van der Waals surface area contributed by atoms with Gasteiger partial charge in [-0.15, -0.1) is 0 Å². The SMILES string of the molecule is c1n[nH]cc1CNC1CCN(C2CC2)C1. The molecule has 1 aromatic heterocycles. The number of nitrogens with zero attached hydrogens (tertiary/aromatic N) is 2. The molecule has 1 saturated carbocycles. The van der Waals surface area contributed by atoms with Gasteiger partial charge in [0.1, 0.15) is 0 Å². The molecule has 0 aromatic carbocycles. The lowest BCUT2D eigenvalue weighted by Gasteiger charge is -2.15. The number of rotatable bonds is 4. The van der Waals surface area contributed by atoms with Crippen LogP contribution in [0.2, 0.25) is 0 Å². The molecule has 1 aromatic rings. The van der Waals surface area contributed by atoms with Gasteiger partial charge in [-0.3, -0.25) is 10.00 Å². The first-order chi connectivity index (χ1) is 7.42. The fourth-order valence-electron chi connectivity index (χ4n) is 2.36. The van der Waals surface area contributed by atoms with Crippen molar-refractivity contribution >= 4 is 0 Å². The van der Waals surface area contributed by atoms with Crippen LogP contribution >= 0.6 is 0 Å². The molecule has 1 saturated heterocycles. The average Bonchev–Trinajstić information content (AvgIpc) is 2.82. The van der Waals surface area contributed by atoms with E-state index >= 15 is 0 Å². The molecule has 2 N–H and O–H groups in total. The lowest BCUT2D eigenvalue weighted by atomic mass is 10.2. The summed E-state index contributed by atoms with van der Waals surface area (Å²) in [5.74, 6) is 0. The monoisotopic (exact) mass is 206 g/mol. The van der Waals surface area contributed by atoms with Crippen molar-refractivity contribution in [3.05, 3.63) is 18.0 Å². The Kier molecular flexibility index (Phi) is 2.46. The van der Waals surface area contributed by atoms with Crippen LogP contribution in [0, 0.1) is 0 Å². The van der Waals surface area contributed by atoms with Crippen LogP contribution in [0.15, 0.2) is 12.4 Å². The van der Waals surface area contributed by atoms with Gasteiger partial charge in [-0.25, -0.2) is 0 Å². The van der Waals surface area contributed by atoms with Gasteiger partial charge in [-0.1, -0.05) is 0 Å². The molecule has 2 fully saturated rings. The maximum Gasteiger partial charge on any atom is 0.0532 e. The van der Waals surface area contributed by atoms with Gasteiger partial charge in [-0.2, -0.15) is 5.10 Å². The predicted octanol–water partition coefficient (Wildman–Crippen LogP) is 0.736. The molecule has 3 rings (SSSR count). The Hall–Kier alpha value is -0.870. The summed E-state index contributed by atoms with van der Waals surface area (Å²) in [6.07, 6.45) is 8.00. The minimum absolute atomic E-state index is 0.681. The normalized spacial score (nSPS) is 27.3. The number of aromatic nitrogens is 2. The van der Waals surface area contributed by atoms with Gasteiger partial charge in [0.25, 0.3) is 0 Å². The Morgan fingerprint density at radius 3 is 3.13 bits per heavy atom. The Morgan fingerprint density at radius 1 is 1.47 bits per heavy atom. The van der Waals surface area contributed by atoms with Crippen LogP contribution in [0.5, 0.6) is 0 Å². The van der Waals surface area contributed by atoms with Crippen LogP contribution in [0.1, 0.15) is 24.8 Å². The first-order valence-electron chi connectivity index (χ1n) is 5.87. The smallest absolute Gasteiger partial charge is 0.0532 e. The molecule has 4 heteroatoms. The summed E-state index contributed by atoms with van der Waals surface area (Å²) in [4.78, 5) is 2.63. The average molecular weight is 206 g/mol. The number of likely N-dealkylation sites (tertiary alicyclic amines) is 1. The third-order valence-corrected chi connectivity index (χ3v) is 3.43. The van der Waals surface area contributed by atoms with Crippen molar-refractivity contribution in [1.82, 2.24) is 20.4 Å². The summed E-state index contributed by atoms with van der Waals surface area (Å²) in [7, 11) is 0. The zero-order valence-corrected chi connectivity index (χ0v) is 8.95. The molecule has 82 valence electrons. The lowest BCUT2D eigenvalue weighted by molar-refractivity contribution is 0.317. The zero-order chi connectivity index (χ0) is 10.1. The molecule has 4 nitrogen and oxygen atoms in total. The maximum atomic E-state index is 3.95. The molecule has 15 heavy (non-hydrogen) atoms. The Labute approximate surface area is 90.0 Å². The van der Waals surface area contributed by atoms with Gasteiger partial charge in [0, 0.05) is 43.5 Å². The van der Waals surface area contributed by atoms with Crippen molar-refractivity contribution in [1.29, 1.82) is 0 Å². The highest BCUT2D eigenvalue weighted by molar-refractivity contribution is 5.02. The van der Waals surface area contributed by atoms with Crippen LogP contribution in [0.4, 0.5) is 0 Å². The number of hydrogen-bond acceptors (Lipinski definition) is 3. The van der Waals surface area contributed by atoms with Gasteiger partial charge >= 0.3 is 0 Å². The molecule has 2 aliphatic rings. The van der Waals surface area contributed by atoms with Gasteiger partial charge < -0.3 is 5.32 Å². The maximum absolute atomic E-state index is 3.95. The minimum Gasteiger partial charge on any atom is -0.308 e. The fraction of sp³-hybridized carbons (Fsp3) is 0.727. The van der Waals surface area contributed by atoms with E-state index in [0.29, 0.717) is 6.04 Å². The topological polar surface area (TPSA) is 44.0 Å². The summed E-state index contributed by atoms with van der Waals surface area (Å²) >= 11 is 0. The lowest BCUT2D eigenvalue weighted by Crippen LogP contribution is -2.32. The van der Waals surface area contributed by atoms with Crippen LogP contribution in [0.3, 0.4) is 0 Å². The molecule has 1 atom stereocenters. The Morgan fingerprint density at radius 2 is 2.40 bits per heavy atom. The molecular formula is C11H18N4. The Bertz CT molecular complexity index is 304. The predicted molar refractivity (Wildman–Crippen MR) is 58.4 cm³/mol. The third-order valence-electron chi connectivity index (χ3n) is 3.43. The van der Waals surface area contributed by atoms with Crippen molar-refractivity contribution in [3.63, 3.8) is 0 Å². The minimum atomic E-state index is 0.681. The van der Waals surface area contributed by atoms with E-state index in [1.54, 1.807) is 0 Å². The molecule has 2 heterocycles. The summed E-state index contributed by atoms with van der Waals surface area (Å²) < 4.78 is 0. The van der Waals surface area contributed by atoms with Gasteiger partial charge in [0.05, 0.1) is 6.20 Å². The number of nitrogens with one attached hydrogen (secondary N) is 2. The standard InChI is InChI=1S/C11H18N4/c1-2-11(1)15-4-3-10(8-15)12-5-9-6-13-14-7-9/h6-7,10-12H,1-5,8H2,(H,13,14). The van der Waals surface area contributed by atoms with E-state index in [1.165, 1.54) is 37.9 Å². The molecule has 0 radical (unpaired) electrons. The van der Waals surface area contributed by atoms with Crippen molar-refractivity contribution in [2.24, 2.45) is 0 Å². The zero-order valence-electron chi connectivity index (χ0n) is 8.95. The van der Waals surface area contributed by atoms with E-state index in [9.17, 15) is 0 Å². The molecule has 0 spiro atoms. The van der Waals surface area contributed by atoms with Crippen LogP contribution in [-0.4, -0.2) is 40.3 Å². The summed E-state index contributed by atoms with van der Waals surface area (Å²) in [6, 6.07) is 1.60. The van der Waals surface area contributed by atoms with Crippen molar-refractivity contribution in [3.8, 4) is 0 Å². The van der Waals surface area contributed by atoms with Crippen LogP contribution in [0.25, 0.3) is 0 Å². The highest BCUT2D eigenvalue weighted by atomic mass is 15.2. The molecule has 1 unspecified atom stereocenters. The van der Waals surface area contributed by atoms with Crippen molar-refractivity contribution in [2.45, 2.75) is 37.9 Å². The van der Waals surface area contributed by atoms with Gasteiger partial charge in [0.15, 0.2) is 0 Å². The Balaban J connectivity index is 1.44. The highest BCUT2D eigenvalue weighted by Gasteiger charge is 2.33. The van der Waals surface area contributed by atoms with E-state index in [0.717, 1.165) is 12.6 Å². The first kappa shape index (κ1) is 9.36. The largest absolute Gasteiger partial charge is 0.308 e. The molecule has 0 bridgehead atoms. The second-order valence-electron chi connectivity index (χ2n) is 4.70. The molecule has 0 amide bonds. The summed E-state index contributed by atoms with van der Waals surface area (Å²) in [5.41, 5.74) is 1.25. The summed E-state index contributed by atoms with van der Waals surface area (Å²) in [5, 5.41) is 10.4. The van der Waals surface area contributed by atoms with E-state index in [-0.39, 0.29) is 0 Å². The third kappa shape index (κ3) is 2.21. The second kappa shape index (κ2) is 3.94. The quantitative estimate of drug-likeness (QED) is 0.763. The van der Waals surface area contributed by atoms with Crippen LogP contribution < -0.4 is 5.32 Å². The highest BCUT2D eigenvalue weighted by Crippen LogP contribution is 2.29. The number of aromatic amines is 1. The molecule has 1 aliphatic heterocycles. The van der Waals surface area contributed by atoms with Crippen molar-refractivity contribution < 1.29 is 0 Å². The van der Waals surface area contributed by atoms with E-state index in [2.05, 4.69) is 20.4 Å².